The monoisotopic (exact) mass is 354 g/mol. The molecule has 0 aromatic heterocycles. The van der Waals surface area contributed by atoms with Gasteiger partial charge in [-0.15, -0.1) is 0 Å². The maximum Gasteiger partial charge on any atom is 0.271 e. The van der Waals surface area contributed by atoms with Gasteiger partial charge in [-0.1, -0.05) is 29.8 Å². The second kappa shape index (κ2) is 6.82. The Morgan fingerprint density at radius 2 is 2.00 bits per heavy atom. The number of nitro groups is 1. The smallest absolute Gasteiger partial charge is 0.271 e. The van der Waals surface area contributed by atoms with Crippen LogP contribution in [0, 0.1) is 17.0 Å². The van der Waals surface area contributed by atoms with Crippen molar-refractivity contribution < 1.29 is 15.1 Å². The van der Waals surface area contributed by atoms with Gasteiger partial charge in [0.15, 0.2) is 0 Å². The Morgan fingerprint density at radius 3 is 2.62 bits per heavy atom. The summed E-state index contributed by atoms with van der Waals surface area (Å²) in [7, 11) is 0. The van der Waals surface area contributed by atoms with Crippen molar-refractivity contribution in [3.8, 4) is 0 Å². The lowest BCUT2D eigenvalue weighted by molar-refractivity contribution is -0.384. The van der Waals surface area contributed by atoms with Gasteiger partial charge in [-0.2, -0.15) is 0 Å². The zero-order chi connectivity index (χ0) is 18.8. The van der Waals surface area contributed by atoms with Crippen LogP contribution in [0.15, 0.2) is 58.9 Å². The number of aliphatic imine (C=N–C) groups is 1. The van der Waals surface area contributed by atoms with Crippen molar-refractivity contribution in [3.05, 3.63) is 75.1 Å². The Hall–Kier alpha value is -3.43. The van der Waals surface area contributed by atoms with Crippen LogP contribution in [0.1, 0.15) is 17.2 Å². The maximum absolute atomic E-state index is 12.4. The fourth-order valence-electron chi connectivity index (χ4n) is 2.57. The Kier molecular flexibility index (Phi) is 4.57. The molecule has 26 heavy (non-hydrogen) atoms. The largest absolute Gasteiger partial charge is 0.857 e. The number of nitrogens with two attached hydrogens (primary N) is 1. The molecule has 1 atom stereocenters. The molecule has 1 aliphatic rings. The summed E-state index contributed by atoms with van der Waals surface area (Å²) >= 11 is 0. The SMILES string of the molecule is Cc1ccc(C(O)C(NN)=C2Nc3ccc([N+](=O)[O-])cc3N=C2[O-])cc1. The fraction of sp³-hybridized carbons (Fsp3) is 0.118. The molecule has 3 rings (SSSR count). The molecular formula is C17H16N5O4-. The molecule has 134 valence electrons. The molecule has 0 saturated heterocycles. The van der Waals surface area contributed by atoms with E-state index >= 15 is 0 Å². The van der Waals surface area contributed by atoms with E-state index < -0.39 is 16.9 Å². The standard InChI is InChI=1S/C17H17N5O4/c1-9-2-4-10(5-3-9)16(23)14(21-18)15-17(24)20-13-8-11(22(25)26)6-7-12(13)19-15/h2-8,16,19,21,23H,18H2,1H3,(H,20,24)/p-1. The number of aliphatic hydroxyl groups is 1. The quantitative estimate of drug-likeness (QED) is 0.365. The highest BCUT2D eigenvalue weighted by Crippen LogP contribution is 2.35. The molecule has 2 aromatic rings. The Morgan fingerprint density at radius 1 is 1.31 bits per heavy atom. The zero-order valence-electron chi connectivity index (χ0n) is 13.8. The second-order valence-corrected chi connectivity index (χ2v) is 5.75. The first-order valence-corrected chi connectivity index (χ1v) is 7.67. The van der Waals surface area contributed by atoms with Gasteiger partial charge in [-0.05, 0) is 18.6 Å². The van der Waals surface area contributed by atoms with E-state index in [0.29, 0.717) is 11.3 Å². The van der Waals surface area contributed by atoms with Crippen LogP contribution < -0.4 is 21.7 Å². The summed E-state index contributed by atoms with van der Waals surface area (Å²) in [6.07, 6.45) is -1.18. The van der Waals surface area contributed by atoms with Crippen molar-refractivity contribution >= 4 is 23.0 Å². The van der Waals surface area contributed by atoms with Crippen LogP contribution in [-0.2, 0) is 0 Å². The minimum absolute atomic E-state index is 0.0260. The molecule has 5 N–H and O–H groups in total. The minimum atomic E-state index is -1.18. The molecule has 9 nitrogen and oxygen atoms in total. The number of nitrogens with zero attached hydrogens (tertiary/aromatic N) is 2. The molecule has 0 spiro atoms. The number of aliphatic hydroxyl groups excluding tert-OH is 1. The first-order valence-electron chi connectivity index (χ1n) is 7.67. The summed E-state index contributed by atoms with van der Waals surface area (Å²) in [5.41, 5.74) is 4.31. The van der Waals surface area contributed by atoms with Crippen molar-refractivity contribution in [1.29, 1.82) is 0 Å². The molecule has 0 aliphatic carbocycles. The Balaban J connectivity index is 2.02. The number of nitrogens with one attached hydrogen (secondary N) is 2. The summed E-state index contributed by atoms with van der Waals surface area (Å²) in [5, 5.41) is 36.6. The fourth-order valence-corrected chi connectivity index (χ4v) is 2.57. The topological polar surface area (TPSA) is 149 Å². The number of rotatable bonds is 4. The number of hydrogen-bond acceptors (Lipinski definition) is 8. The van der Waals surface area contributed by atoms with Crippen LogP contribution in [0.2, 0.25) is 0 Å². The van der Waals surface area contributed by atoms with Gasteiger partial charge >= 0.3 is 0 Å². The van der Waals surface area contributed by atoms with Gasteiger partial charge in [-0.3, -0.25) is 20.9 Å². The molecule has 2 aromatic carbocycles. The number of fused-ring (bicyclic) bond motifs is 1. The van der Waals surface area contributed by atoms with Crippen molar-refractivity contribution in [2.45, 2.75) is 13.0 Å². The molecule has 1 aliphatic heterocycles. The first-order chi connectivity index (χ1) is 12.4. The van der Waals surface area contributed by atoms with Gasteiger partial charge < -0.3 is 21.0 Å². The van der Waals surface area contributed by atoms with Gasteiger partial charge in [0.05, 0.1) is 27.7 Å². The summed E-state index contributed by atoms with van der Waals surface area (Å²) in [5.74, 6) is 4.83. The molecule has 1 heterocycles. The van der Waals surface area contributed by atoms with Gasteiger partial charge in [0.25, 0.3) is 5.69 Å². The van der Waals surface area contributed by atoms with Crippen molar-refractivity contribution in [1.82, 2.24) is 5.43 Å². The van der Waals surface area contributed by atoms with E-state index in [4.69, 9.17) is 5.84 Å². The molecule has 0 bridgehead atoms. The molecule has 0 saturated carbocycles. The third-order valence-corrected chi connectivity index (χ3v) is 3.98. The van der Waals surface area contributed by atoms with E-state index in [1.807, 2.05) is 19.1 Å². The molecule has 9 heteroatoms. The normalized spacial score (nSPS) is 16.0. The molecule has 0 fully saturated rings. The minimum Gasteiger partial charge on any atom is -0.857 e. The number of aryl methyl sites for hydroxylation is 1. The highest BCUT2D eigenvalue weighted by Gasteiger charge is 2.22. The highest BCUT2D eigenvalue weighted by atomic mass is 16.6. The highest BCUT2D eigenvalue weighted by molar-refractivity contribution is 6.00. The number of hydrazine groups is 1. The van der Waals surface area contributed by atoms with Crippen LogP contribution in [-0.4, -0.2) is 15.9 Å². The van der Waals surface area contributed by atoms with E-state index in [1.54, 1.807) is 12.1 Å². The number of nitro benzene ring substituents is 1. The predicted octanol–water partition coefficient (Wildman–Crippen LogP) is 1.13. The molecule has 0 radical (unpaired) electrons. The number of anilines is 1. The van der Waals surface area contributed by atoms with Gasteiger partial charge in [0.2, 0.25) is 0 Å². The second-order valence-electron chi connectivity index (χ2n) is 5.75. The van der Waals surface area contributed by atoms with Crippen LogP contribution in [0.25, 0.3) is 0 Å². The molecule has 0 amide bonds. The van der Waals surface area contributed by atoms with E-state index in [9.17, 15) is 20.3 Å². The van der Waals surface area contributed by atoms with Gasteiger partial charge in [-0.25, -0.2) is 0 Å². The number of benzene rings is 2. The lowest BCUT2D eigenvalue weighted by Crippen LogP contribution is -2.36. The number of non-ortho nitro benzene ring substituents is 1. The van der Waals surface area contributed by atoms with Gasteiger partial charge in [0.1, 0.15) is 6.10 Å². The first kappa shape index (κ1) is 17.4. The lowest BCUT2D eigenvalue weighted by Gasteiger charge is -2.28. The molecule has 1 unspecified atom stereocenters. The Labute approximate surface area is 148 Å². The average molecular weight is 354 g/mol. The summed E-state index contributed by atoms with van der Waals surface area (Å²) in [4.78, 5) is 14.1. The van der Waals surface area contributed by atoms with Crippen LogP contribution in [0.4, 0.5) is 17.1 Å². The zero-order valence-corrected chi connectivity index (χ0v) is 13.8. The summed E-state index contributed by atoms with van der Waals surface area (Å²) in [6.45, 7) is 1.91. The summed E-state index contributed by atoms with van der Waals surface area (Å²) < 4.78 is 0. The molecular weight excluding hydrogens is 338 g/mol. The average Bonchev–Trinajstić information content (AvgIpc) is 2.62. The third-order valence-electron chi connectivity index (χ3n) is 3.98. The van der Waals surface area contributed by atoms with E-state index in [2.05, 4.69) is 15.7 Å². The summed E-state index contributed by atoms with van der Waals surface area (Å²) in [6, 6.07) is 11.0. The van der Waals surface area contributed by atoms with Crippen LogP contribution in [0.3, 0.4) is 0 Å². The van der Waals surface area contributed by atoms with E-state index in [-0.39, 0.29) is 22.8 Å². The Bertz CT molecular complexity index is 921. The van der Waals surface area contributed by atoms with Gasteiger partial charge in [0, 0.05) is 18.0 Å². The van der Waals surface area contributed by atoms with Crippen LogP contribution in [0.5, 0.6) is 0 Å². The van der Waals surface area contributed by atoms with Crippen molar-refractivity contribution in [2.24, 2.45) is 10.8 Å². The number of hydrogen-bond donors (Lipinski definition) is 4. The van der Waals surface area contributed by atoms with Crippen LogP contribution >= 0.6 is 0 Å². The van der Waals surface area contributed by atoms with Crippen molar-refractivity contribution in [3.63, 3.8) is 0 Å². The van der Waals surface area contributed by atoms with Crippen molar-refractivity contribution in [2.75, 3.05) is 5.32 Å². The predicted molar refractivity (Wildman–Crippen MR) is 94.3 cm³/mol. The van der Waals surface area contributed by atoms with E-state index in [0.717, 1.165) is 5.56 Å². The van der Waals surface area contributed by atoms with E-state index in [1.165, 1.54) is 18.2 Å². The lowest BCUT2D eigenvalue weighted by atomic mass is 10.0. The maximum atomic E-state index is 12.4. The third kappa shape index (κ3) is 3.21.